The second-order valence-electron chi connectivity index (χ2n) is 6.71. The minimum absolute atomic E-state index is 0.0517. The van der Waals surface area contributed by atoms with Gasteiger partial charge in [-0.05, 0) is 55.3 Å². The number of hydrogen-bond acceptors (Lipinski definition) is 1. The molecule has 0 saturated heterocycles. The molecule has 0 aromatic carbocycles. The molecule has 3 fully saturated rings. The van der Waals surface area contributed by atoms with Gasteiger partial charge >= 0.3 is 0 Å². The zero-order valence-electron chi connectivity index (χ0n) is 10.6. The summed E-state index contributed by atoms with van der Waals surface area (Å²) < 4.78 is 0. The number of rotatable bonds is 2. The van der Waals surface area contributed by atoms with Crippen molar-refractivity contribution in [2.45, 2.75) is 64.4 Å². The fourth-order valence-corrected chi connectivity index (χ4v) is 4.66. The summed E-state index contributed by atoms with van der Waals surface area (Å²) >= 11 is 0. The van der Waals surface area contributed by atoms with Gasteiger partial charge < -0.3 is 5.11 Å². The molecular formula is C15H26O. The van der Waals surface area contributed by atoms with E-state index in [4.69, 9.17) is 0 Å². The molecule has 0 aromatic heterocycles. The first-order chi connectivity index (χ1) is 7.77. The van der Waals surface area contributed by atoms with Crippen molar-refractivity contribution in [3.63, 3.8) is 0 Å². The van der Waals surface area contributed by atoms with E-state index >= 15 is 0 Å². The highest BCUT2D eigenvalue weighted by Gasteiger charge is 2.55. The van der Waals surface area contributed by atoms with Crippen molar-refractivity contribution in [1.29, 1.82) is 0 Å². The number of aliphatic hydroxyl groups is 1. The van der Waals surface area contributed by atoms with Crippen LogP contribution in [-0.2, 0) is 0 Å². The van der Waals surface area contributed by atoms with E-state index in [1.165, 1.54) is 51.4 Å². The quantitative estimate of drug-likeness (QED) is 0.756. The molecule has 0 radical (unpaired) electrons. The molecule has 1 nitrogen and oxygen atoms in total. The Labute approximate surface area is 99.6 Å². The minimum atomic E-state index is 0.0517. The number of fused-ring (bicyclic) bond motifs is 1. The third kappa shape index (κ3) is 1.92. The van der Waals surface area contributed by atoms with E-state index in [0.29, 0.717) is 11.8 Å². The van der Waals surface area contributed by atoms with Gasteiger partial charge in [-0.15, -0.1) is 0 Å². The summed E-state index contributed by atoms with van der Waals surface area (Å²) in [6, 6.07) is 0. The molecule has 0 bridgehead atoms. The molecule has 0 amide bonds. The molecule has 5 atom stereocenters. The summed E-state index contributed by atoms with van der Waals surface area (Å²) in [6.07, 6.45) is 11.0. The van der Waals surface area contributed by atoms with E-state index in [9.17, 15) is 5.11 Å². The van der Waals surface area contributed by atoms with E-state index in [0.717, 1.165) is 17.8 Å². The SMILES string of the molecule is CC1CCCC(C(O)C2C3CCCCC32)C1. The molecule has 0 aromatic rings. The zero-order valence-corrected chi connectivity index (χ0v) is 10.6. The van der Waals surface area contributed by atoms with Crippen LogP contribution in [0.2, 0.25) is 0 Å². The van der Waals surface area contributed by atoms with Gasteiger partial charge in [0, 0.05) is 0 Å². The van der Waals surface area contributed by atoms with Gasteiger partial charge in [0.2, 0.25) is 0 Å². The fourth-order valence-electron chi connectivity index (χ4n) is 4.66. The molecular weight excluding hydrogens is 196 g/mol. The van der Waals surface area contributed by atoms with Gasteiger partial charge in [-0.2, -0.15) is 0 Å². The largest absolute Gasteiger partial charge is 0.393 e. The maximum atomic E-state index is 10.6. The Hall–Kier alpha value is -0.0400. The summed E-state index contributed by atoms with van der Waals surface area (Å²) in [5, 5.41) is 10.6. The van der Waals surface area contributed by atoms with Crippen molar-refractivity contribution in [2.24, 2.45) is 29.6 Å². The van der Waals surface area contributed by atoms with Crippen molar-refractivity contribution < 1.29 is 5.11 Å². The summed E-state index contributed by atoms with van der Waals surface area (Å²) in [6.45, 7) is 2.36. The molecule has 3 aliphatic rings. The van der Waals surface area contributed by atoms with E-state index in [1.54, 1.807) is 0 Å². The van der Waals surface area contributed by atoms with Crippen LogP contribution in [0.25, 0.3) is 0 Å². The van der Waals surface area contributed by atoms with Crippen LogP contribution in [0.4, 0.5) is 0 Å². The zero-order chi connectivity index (χ0) is 11.1. The highest BCUT2D eigenvalue weighted by Crippen LogP contribution is 2.58. The molecule has 3 rings (SSSR count). The van der Waals surface area contributed by atoms with E-state index < -0.39 is 0 Å². The molecule has 92 valence electrons. The van der Waals surface area contributed by atoms with Gasteiger partial charge in [0.25, 0.3) is 0 Å². The summed E-state index contributed by atoms with van der Waals surface area (Å²) in [4.78, 5) is 0. The average molecular weight is 222 g/mol. The molecule has 16 heavy (non-hydrogen) atoms. The lowest BCUT2D eigenvalue weighted by Gasteiger charge is -2.31. The Kier molecular flexibility index (Phi) is 2.99. The molecule has 1 heteroatoms. The Morgan fingerprint density at radius 1 is 0.938 bits per heavy atom. The first-order valence-corrected chi connectivity index (χ1v) is 7.45. The minimum Gasteiger partial charge on any atom is -0.393 e. The molecule has 0 aliphatic heterocycles. The van der Waals surface area contributed by atoms with Crippen molar-refractivity contribution in [2.75, 3.05) is 0 Å². The van der Waals surface area contributed by atoms with E-state index in [2.05, 4.69) is 6.92 Å². The Balaban J connectivity index is 1.58. The average Bonchev–Trinajstić information content (AvgIpc) is 3.02. The van der Waals surface area contributed by atoms with Gasteiger partial charge in [0.1, 0.15) is 0 Å². The second kappa shape index (κ2) is 4.33. The first-order valence-electron chi connectivity index (χ1n) is 7.45. The summed E-state index contributed by atoms with van der Waals surface area (Å²) in [5.41, 5.74) is 0. The monoisotopic (exact) mass is 222 g/mol. The molecule has 1 N–H and O–H groups in total. The Bertz CT molecular complexity index is 236. The highest BCUT2D eigenvalue weighted by atomic mass is 16.3. The second-order valence-corrected chi connectivity index (χ2v) is 6.71. The maximum Gasteiger partial charge on any atom is 0.0602 e. The van der Waals surface area contributed by atoms with Crippen LogP contribution in [0.15, 0.2) is 0 Å². The smallest absolute Gasteiger partial charge is 0.0602 e. The molecule has 3 aliphatic carbocycles. The van der Waals surface area contributed by atoms with Crippen molar-refractivity contribution in [3.05, 3.63) is 0 Å². The lowest BCUT2D eigenvalue weighted by Crippen LogP contribution is -2.28. The van der Waals surface area contributed by atoms with Crippen LogP contribution in [0.5, 0.6) is 0 Å². The van der Waals surface area contributed by atoms with E-state index in [1.807, 2.05) is 0 Å². The van der Waals surface area contributed by atoms with Crippen LogP contribution in [0, 0.1) is 29.6 Å². The third-order valence-corrected chi connectivity index (χ3v) is 5.58. The maximum absolute atomic E-state index is 10.6. The van der Waals surface area contributed by atoms with Gasteiger partial charge in [-0.3, -0.25) is 0 Å². The van der Waals surface area contributed by atoms with Crippen LogP contribution in [-0.4, -0.2) is 11.2 Å². The van der Waals surface area contributed by atoms with Crippen molar-refractivity contribution in [1.82, 2.24) is 0 Å². The lowest BCUT2D eigenvalue weighted by molar-refractivity contribution is 0.0468. The lowest BCUT2D eigenvalue weighted by atomic mass is 9.78. The fraction of sp³-hybridized carbons (Fsp3) is 1.00. The van der Waals surface area contributed by atoms with Crippen molar-refractivity contribution in [3.8, 4) is 0 Å². The standard InChI is InChI=1S/C15H26O/c1-10-5-4-6-11(9-10)15(16)14-12-7-2-3-8-13(12)14/h10-16H,2-9H2,1H3. The predicted molar refractivity (Wildman–Crippen MR) is 66.1 cm³/mol. The molecule has 5 unspecified atom stereocenters. The van der Waals surface area contributed by atoms with Gasteiger partial charge in [-0.1, -0.05) is 32.6 Å². The normalized spacial score (nSPS) is 49.5. The van der Waals surface area contributed by atoms with Crippen molar-refractivity contribution >= 4 is 0 Å². The number of aliphatic hydroxyl groups excluding tert-OH is 1. The van der Waals surface area contributed by atoms with Gasteiger partial charge in [-0.25, -0.2) is 0 Å². The highest BCUT2D eigenvalue weighted by molar-refractivity contribution is 5.04. The Morgan fingerprint density at radius 3 is 2.25 bits per heavy atom. The summed E-state index contributed by atoms with van der Waals surface area (Å²) in [7, 11) is 0. The van der Waals surface area contributed by atoms with Gasteiger partial charge in [0.05, 0.1) is 6.10 Å². The predicted octanol–water partition coefficient (Wildman–Crippen LogP) is 3.61. The van der Waals surface area contributed by atoms with Crippen LogP contribution >= 0.6 is 0 Å². The Morgan fingerprint density at radius 2 is 1.62 bits per heavy atom. The molecule has 3 saturated carbocycles. The van der Waals surface area contributed by atoms with Crippen LogP contribution in [0.3, 0.4) is 0 Å². The van der Waals surface area contributed by atoms with E-state index in [-0.39, 0.29) is 6.10 Å². The first kappa shape index (κ1) is 11.1. The topological polar surface area (TPSA) is 20.2 Å². The molecule has 0 heterocycles. The van der Waals surface area contributed by atoms with Crippen LogP contribution in [0.1, 0.15) is 58.3 Å². The van der Waals surface area contributed by atoms with Crippen LogP contribution < -0.4 is 0 Å². The molecule has 0 spiro atoms. The third-order valence-electron chi connectivity index (χ3n) is 5.58. The van der Waals surface area contributed by atoms with Gasteiger partial charge in [0.15, 0.2) is 0 Å². The summed E-state index contributed by atoms with van der Waals surface area (Å²) in [5.74, 6) is 4.04. The number of hydrogen-bond donors (Lipinski definition) is 1.